The van der Waals surface area contributed by atoms with Crippen LogP contribution in [0.3, 0.4) is 0 Å². The molecule has 5 fully saturated rings. The first-order valence-electron chi connectivity index (χ1n) is 12.1. The number of carbonyl (C=O) groups excluding carboxylic acids is 1. The van der Waals surface area contributed by atoms with Crippen LogP contribution in [0.5, 0.6) is 0 Å². The molecular weight excluding hydrogens is 356 g/mol. The number of hydrogen-bond donors (Lipinski definition) is 2. The summed E-state index contributed by atoms with van der Waals surface area (Å²) in [5.74, 6) is 1.09. The first-order chi connectivity index (χ1) is 14.0. The van der Waals surface area contributed by atoms with Gasteiger partial charge in [0, 0.05) is 12.1 Å². The molecule has 0 saturated heterocycles. The van der Waals surface area contributed by atoms with E-state index in [4.69, 9.17) is 5.73 Å². The Morgan fingerprint density at radius 2 is 1.79 bits per heavy atom. The molecule has 158 valence electrons. The van der Waals surface area contributed by atoms with Gasteiger partial charge in [0.1, 0.15) is 0 Å². The summed E-state index contributed by atoms with van der Waals surface area (Å²) in [6, 6.07) is 11.8. The fourth-order valence-corrected chi connectivity index (χ4v) is 8.42. The van der Waals surface area contributed by atoms with Crippen molar-refractivity contribution in [1.82, 2.24) is 5.32 Å². The molecule has 1 amide bonds. The van der Waals surface area contributed by atoms with E-state index in [0.29, 0.717) is 29.3 Å². The van der Waals surface area contributed by atoms with Crippen LogP contribution in [0.2, 0.25) is 0 Å². The first-order valence-corrected chi connectivity index (χ1v) is 12.1. The van der Waals surface area contributed by atoms with Gasteiger partial charge in [0.25, 0.3) is 0 Å². The first kappa shape index (κ1) is 19.6. The van der Waals surface area contributed by atoms with Gasteiger partial charge in [-0.2, -0.15) is 0 Å². The van der Waals surface area contributed by atoms with E-state index in [-0.39, 0.29) is 10.8 Å². The lowest BCUT2D eigenvalue weighted by molar-refractivity contribution is -0.164. The Hall–Kier alpha value is -1.35. The molecule has 0 heterocycles. The molecule has 0 spiro atoms. The second kappa shape index (κ2) is 7.11. The average Bonchev–Trinajstić information content (AvgIpc) is 2.69. The van der Waals surface area contributed by atoms with Crippen molar-refractivity contribution in [3.63, 3.8) is 0 Å². The Labute approximate surface area is 176 Å². The standard InChI is InChI=1S/C26H38N2O/c1-2-12-24-13-19-14-25(16-24,20-6-4-3-5-7-20)18-26(15-19,17-24)23(29)28-22-10-8-21(27)9-11-22/h3-7,19,21-22H,2,8-18,27H2,1H3,(H,28,29)/t19?,21-,22+,24-,25-,26?/m1/s1. The summed E-state index contributed by atoms with van der Waals surface area (Å²) >= 11 is 0. The van der Waals surface area contributed by atoms with Gasteiger partial charge in [0.2, 0.25) is 5.91 Å². The van der Waals surface area contributed by atoms with Crippen LogP contribution in [0.15, 0.2) is 30.3 Å². The predicted octanol–water partition coefficient (Wildman–Crippen LogP) is 5.08. The van der Waals surface area contributed by atoms with E-state index in [1.165, 1.54) is 37.7 Å². The van der Waals surface area contributed by atoms with Gasteiger partial charge in [-0.1, -0.05) is 43.7 Å². The molecule has 29 heavy (non-hydrogen) atoms. The van der Waals surface area contributed by atoms with Crippen molar-refractivity contribution in [2.45, 2.75) is 101 Å². The predicted molar refractivity (Wildman–Crippen MR) is 117 cm³/mol. The molecule has 0 aromatic heterocycles. The molecule has 3 heteroatoms. The van der Waals surface area contributed by atoms with E-state index in [2.05, 4.69) is 42.6 Å². The van der Waals surface area contributed by atoms with Gasteiger partial charge in [-0.15, -0.1) is 0 Å². The Bertz CT molecular complexity index is 755. The summed E-state index contributed by atoms with van der Waals surface area (Å²) < 4.78 is 0. The van der Waals surface area contributed by atoms with E-state index in [1.807, 2.05) is 0 Å². The molecule has 0 radical (unpaired) electrons. The van der Waals surface area contributed by atoms with Gasteiger partial charge in [-0.05, 0) is 92.9 Å². The molecule has 4 bridgehead atoms. The van der Waals surface area contributed by atoms with Gasteiger partial charge in [-0.3, -0.25) is 4.79 Å². The van der Waals surface area contributed by atoms with E-state index >= 15 is 0 Å². The van der Waals surface area contributed by atoms with Crippen LogP contribution in [0.25, 0.3) is 0 Å². The Morgan fingerprint density at radius 3 is 2.52 bits per heavy atom. The minimum Gasteiger partial charge on any atom is -0.353 e. The summed E-state index contributed by atoms with van der Waals surface area (Å²) in [6.07, 6.45) is 13.9. The third kappa shape index (κ3) is 3.34. The van der Waals surface area contributed by atoms with E-state index in [1.54, 1.807) is 0 Å². The number of carbonyl (C=O) groups is 1. The molecule has 3 nitrogen and oxygen atoms in total. The van der Waals surface area contributed by atoms with Gasteiger partial charge < -0.3 is 11.1 Å². The summed E-state index contributed by atoms with van der Waals surface area (Å²) in [4.78, 5) is 13.8. The van der Waals surface area contributed by atoms with Crippen molar-refractivity contribution in [1.29, 1.82) is 0 Å². The number of hydrogen-bond acceptors (Lipinski definition) is 2. The fraction of sp³-hybridized carbons (Fsp3) is 0.731. The molecule has 5 saturated carbocycles. The third-order valence-corrected chi connectivity index (χ3v) is 8.94. The molecule has 5 aliphatic rings. The van der Waals surface area contributed by atoms with Crippen molar-refractivity contribution >= 4 is 5.91 Å². The van der Waals surface area contributed by atoms with Crippen molar-refractivity contribution in [3.05, 3.63) is 35.9 Å². The van der Waals surface area contributed by atoms with Crippen LogP contribution in [0.4, 0.5) is 0 Å². The van der Waals surface area contributed by atoms with Crippen LogP contribution in [-0.4, -0.2) is 18.0 Å². The summed E-state index contributed by atoms with van der Waals surface area (Å²) in [7, 11) is 0. The lowest BCUT2D eigenvalue weighted by Crippen LogP contribution is -2.63. The monoisotopic (exact) mass is 394 g/mol. The third-order valence-electron chi connectivity index (χ3n) is 8.94. The van der Waals surface area contributed by atoms with Crippen LogP contribution in [0.1, 0.15) is 89.5 Å². The molecular formula is C26H38N2O. The zero-order valence-electron chi connectivity index (χ0n) is 18.1. The highest BCUT2D eigenvalue weighted by Gasteiger charge is 2.65. The number of amides is 1. The van der Waals surface area contributed by atoms with Crippen LogP contribution in [0, 0.1) is 16.7 Å². The van der Waals surface area contributed by atoms with Crippen LogP contribution < -0.4 is 11.1 Å². The molecule has 5 aliphatic carbocycles. The number of nitrogens with two attached hydrogens (primary N) is 1. The minimum absolute atomic E-state index is 0.149. The number of benzene rings is 1. The van der Waals surface area contributed by atoms with E-state index < -0.39 is 0 Å². The van der Waals surface area contributed by atoms with Gasteiger partial charge in [-0.25, -0.2) is 0 Å². The number of rotatable bonds is 5. The minimum atomic E-state index is -0.149. The van der Waals surface area contributed by atoms with Crippen molar-refractivity contribution in [2.24, 2.45) is 22.5 Å². The fourth-order valence-electron chi connectivity index (χ4n) is 8.42. The van der Waals surface area contributed by atoms with Crippen LogP contribution >= 0.6 is 0 Å². The van der Waals surface area contributed by atoms with Gasteiger partial charge >= 0.3 is 0 Å². The Kier molecular flexibility index (Phi) is 4.81. The summed E-state index contributed by atoms with van der Waals surface area (Å²) in [5.41, 5.74) is 8.02. The van der Waals surface area contributed by atoms with E-state index in [0.717, 1.165) is 44.9 Å². The Morgan fingerprint density at radius 1 is 1.03 bits per heavy atom. The zero-order chi connectivity index (χ0) is 20.1. The van der Waals surface area contributed by atoms with Crippen molar-refractivity contribution < 1.29 is 4.79 Å². The van der Waals surface area contributed by atoms with Gasteiger partial charge in [0.05, 0.1) is 5.41 Å². The lowest BCUT2D eigenvalue weighted by atomic mass is 9.37. The molecule has 3 N–H and O–H groups in total. The zero-order valence-corrected chi connectivity index (χ0v) is 18.1. The SMILES string of the molecule is CCC[C@]12CC3CC(C(=O)N[C@H]4CC[C@@H](N)CC4)(C1)C[C@@](c1ccccc1)(C3)C2. The lowest BCUT2D eigenvalue weighted by Gasteiger charge is -2.66. The maximum atomic E-state index is 13.8. The second-order valence-corrected chi connectivity index (χ2v) is 11.3. The molecule has 1 aromatic carbocycles. The highest BCUT2D eigenvalue weighted by atomic mass is 16.2. The number of nitrogens with one attached hydrogen (secondary N) is 1. The average molecular weight is 395 g/mol. The summed E-state index contributed by atoms with van der Waals surface area (Å²) in [6.45, 7) is 2.33. The quantitative estimate of drug-likeness (QED) is 0.731. The molecule has 2 unspecified atom stereocenters. The Balaban J connectivity index is 1.46. The topological polar surface area (TPSA) is 55.1 Å². The summed E-state index contributed by atoms with van der Waals surface area (Å²) in [5, 5.41) is 3.53. The largest absolute Gasteiger partial charge is 0.353 e. The normalized spacial score (nSPS) is 43.3. The van der Waals surface area contributed by atoms with Crippen molar-refractivity contribution in [2.75, 3.05) is 0 Å². The highest BCUT2D eigenvalue weighted by Crippen LogP contribution is 2.71. The maximum Gasteiger partial charge on any atom is 0.226 e. The highest BCUT2D eigenvalue weighted by molar-refractivity contribution is 5.84. The van der Waals surface area contributed by atoms with Gasteiger partial charge in [0.15, 0.2) is 0 Å². The van der Waals surface area contributed by atoms with Crippen molar-refractivity contribution in [3.8, 4) is 0 Å². The molecule has 6 rings (SSSR count). The second-order valence-electron chi connectivity index (χ2n) is 11.3. The van der Waals surface area contributed by atoms with E-state index in [9.17, 15) is 4.79 Å². The van der Waals surface area contributed by atoms with Crippen LogP contribution in [-0.2, 0) is 10.2 Å². The molecule has 1 aromatic rings. The molecule has 4 atom stereocenters. The maximum absolute atomic E-state index is 13.8. The molecule has 0 aliphatic heterocycles. The smallest absolute Gasteiger partial charge is 0.226 e.